The largest absolute Gasteiger partial charge is 0.480 e. The summed E-state index contributed by atoms with van der Waals surface area (Å²) < 4.78 is 30.0. The molecule has 19 heavy (non-hydrogen) atoms. The van der Waals surface area contributed by atoms with Crippen molar-refractivity contribution in [1.82, 2.24) is 9.71 Å². The van der Waals surface area contributed by atoms with Gasteiger partial charge in [0, 0.05) is 18.8 Å². The number of aliphatic carboxylic acids is 1. The summed E-state index contributed by atoms with van der Waals surface area (Å²) in [5.74, 6) is -1.96. The van der Waals surface area contributed by atoms with E-state index in [1.807, 2.05) is 4.72 Å². The Labute approximate surface area is 109 Å². The lowest BCUT2D eigenvalue weighted by Crippen LogP contribution is -2.40. The second kappa shape index (κ2) is 6.34. The lowest BCUT2D eigenvalue weighted by Gasteiger charge is -2.13. The molecule has 0 aliphatic heterocycles. The molecular weight excluding hydrogens is 276 g/mol. The molecule has 0 bridgehead atoms. The highest BCUT2D eigenvalue weighted by Gasteiger charge is 2.26. The molecule has 1 aromatic heterocycles. The van der Waals surface area contributed by atoms with Gasteiger partial charge in [0.1, 0.15) is 6.04 Å². The molecule has 8 nitrogen and oxygen atoms in total. The van der Waals surface area contributed by atoms with Gasteiger partial charge in [0.25, 0.3) is 0 Å². The van der Waals surface area contributed by atoms with E-state index in [0.717, 1.165) is 0 Å². The quantitative estimate of drug-likeness (QED) is 0.592. The van der Waals surface area contributed by atoms with Gasteiger partial charge in [0.2, 0.25) is 10.0 Å². The van der Waals surface area contributed by atoms with Crippen molar-refractivity contribution in [1.29, 1.82) is 0 Å². The predicted molar refractivity (Wildman–Crippen MR) is 63.8 cm³/mol. The molecule has 0 aliphatic carbocycles. The van der Waals surface area contributed by atoms with E-state index < -0.39 is 28.0 Å². The molecule has 1 aromatic rings. The smallest absolute Gasteiger partial charge is 0.321 e. The number of carbonyl (C=O) groups is 2. The van der Waals surface area contributed by atoms with Crippen LogP contribution in [0.2, 0.25) is 0 Å². The van der Waals surface area contributed by atoms with Gasteiger partial charge in [-0.05, 0) is 12.5 Å². The van der Waals surface area contributed by atoms with Crippen molar-refractivity contribution in [3.63, 3.8) is 0 Å². The van der Waals surface area contributed by atoms with E-state index in [4.69, 9.17) is 5.11 Å². The number of carbonyl (C=O) groups excluding carboxylic acids is 1. The van der Waals surface area contributed by atoms with E-state index >= 15 is 0 Å². The number of methoxy groups -OCH3 is 1. The Balaban J connectivity index is 2.74. The topological polar surface area (TPSA) is 126 Å². The van der Waals surface area contributed by atoms with Gasteiger partial charge in [-0.2, -0.15) is 4.72 Å². The van der Waals surface area contributed by atoms with Gasteiger partial charge in [-0.3, -0.25) is 9.59 Å². The van der Waals surface area contributed by atoms with Crippen LogP contribution in [-0.4, -0.2) is 43.6 Å². The average Bonchev–Trinajstić information content (AvgIpc) is 2.88. The number of carboxylic acid groups (broad SMARTS) is 1. The first-order valence-corrected chi connectivity index (χ1v) is 6.80. The standard InChI is InChI=1S/C10H14N2O6S/c1-18-9(13)3-2-8(10(14)15)12-19(16,17)7-4-5-11-6-7/h4-6,8,11-12H,2-3H2,1H3,(H,14,15)/t8-/m0/s1. The molecule has 0 amide bonds. The SMILES string of the molecule is COC(=O)CC[C@H](NS(=O)(=O)c1cc[nH]c1)C(=O)O. The van der Waals surface area contributed by atoms with Crippen LogP contribution in [0.1, 0.15) is 12.8 Å². The van der Waals surface area contributed by atoms with Gasteiger partial charge in [0.15, 0.2) is 0 Å². The van der Waals surface area contributed by atoms with Crippen LogP contribution in [0.25, 0.3) is 0 Å². The first kappa shape index (κ1) is 15.2. The number of rotatable bonds is 7. The molecule has 0 radical (unpaired) electrons. The monoisotopic (exact) mass is 290 g/mol. The summed E-state index contributed by atoms with van der Waals surface area (Å²) in [7, 11) is -2.76. The van der Waals surface area contributed by atoms with Crippen LogP contribution in [0.5, 0.6) is 0 Å². The molecule has 1 heterocycles. The van der Waals surface area contributed by atoms with E-state index in [2.05, 4.69) is 9.72 Å². The van der Waals surface area contributed by atoms with Gasteiger partial charge < -0.3 is 14.8 Å². The first-order chi connectivity index (χ1) is 8.86. The average molecular weight is 290 g/mol. The third-order valence-corrected chi connectivity index (χ3v) is 3.81. The highest BCUT2D eigenvalue weighted by molar-refractivity contribution is 7.89. The lowest BCUT2D eigenvalue weighted by atomic mass is 10.2. The van der Waals surface area contributed by atoms with Crippen molar-refractivity contribution >= 4 is 22.0 Å². The summed E-state index contributed by atoms with van der Waals surface area (Å²) in [6, 6.07) is -0.0966. The van der Waals surface area contributed by atoms with Crippen LogP contribution in [0, 0.1) is 0 Å². The zero-order chi connectivity index (χ0) is 14.5. The fourth-order valence-electron chi connectivity index (χ4n) is 1.33. The molecule has 0 aliphatic rings. The second-order valence-corrected chi connectivity index (χ2v) is 5.39. The van der Waals surface area contributed by atoms with Crippen LogP contribution in [0.3, 0.4) is 0 Å². The van der Waals surface area contributed by atoms with Crippen molar-refractivity contribution in [2.24, 2.45) is 0 Å². The van der Waals surface area contributed by atoms with Gasteiger partial charge in [0.05, 0.1) is 12.0 Å². The predicted octanol–water partition coefficient (Wildman–Crippen LogP) is -0.301. The molecule has 0 spiro atoms. The van der Waals surface area contributed by atoms with Crippen molar-refractivity contribution in [3.8, 4) is 0 Å². The Kier molecular flexibility index (Phi) is 5.07. The lowest BCUT2D eigenvalue weighted by molar-refractivity contribution is -0.142. The highest BCUT2D eigenvalue weighted by atomic mass is 32.2. The molecule has 1 atom stereocenters. The molecule has 106 valence electrons. The molecule has 0 saturated carbocycles. The Morgan fingerprint density at radius 2 is 2.21 bits per heavy atom. The second-order valence-electron chi connectivity index (χ2n) is 3.67. The molecular formula is C10H14N2O6S. The molecule has 1 rings (SSSR count). The number of carboxylic acids is 1. The molecule has 0 saturated heterocycles. The molecule has 0 unspecified atom stereocenters. The summed E-state index contributed by atoms with van der Waals surface area (Å²) in [6.45, 7) is 0. The number of esters is 1. The number of hydrogen-bond acceptors (Lipinski definition) is 5. The highest BCUT2D eigenvalue weighted by Crippen LogP contribution is 2.09. The summed E-state index contributed by atoms with van der Waals surface area (Å²) >= 11 is 0. The Morgan fingerprint density at radius 1 is 1.53 bits per heavy atom. The van der Waals surface area contributed by atoms with Crippen LogP contribution in [0.15, 0.2) is 23.4 Å². The minimum atomic E-state index is -3.93. The zero-order valence-electron chi connectivity index (χ0n) is 10.1. The van der Waals surface area contributed by atoms with Crippen LogP contribution < -0.4 is 4.72 Å². The number of hydrogen-bond donors (Lipinski definition) is 3. The fraction of sp³-hybridized carbons (Fsp3) is 0.400. The van der Waals surface area contributed by atoms with Crippen molar-refractivity contribution < 1.29 is 27.9 Å². The molecule has 0 fully saturated rings. The van der Waals surface area contributed by atoms with E-state index in [-0.39, 0.29) is 17.7 Å². The van der Waals surface area contributed by atoms with Gasteiger partial charge in [-0.1, -0.05) is 0 Å². The Morgan fingerprint density at radius 3 is 2.68 bits per heavy atom. The maximum atomic E-state index is 11.8. The van der Waals surface area contributed by atoms with Crippen molar-refractivity contribution in [2.75, 3.05) is 7.11 Å². The van der Waals surface area contributed by atoms with Crippen molar-refractivity contribution in [3.05, 3.63) is 18.5 Å². The van der Waals surface area contributed by atoms with Crippen molar-refractivity contribution in [2.45, 2.75) is 23.8 Å². The third kappa shape index (κ3) is 4.38. The van der Waals surface area contributed by atoms with Crippen LogP contribution in [0.4, 0.5) is 0 Å². The maximum Gasteiger partial charge on any atom is 0.321 e. The Bertz CT molecular complexity index is 536. The molecule has 3 N–H and O–H groups in total. The summed E-state index contributed by atoms with van der Waals surface area (Å²) in [6.07, 6.45) is 2.25. The van der Waals surface area contributed by atoms with E-state index in [1.165, 1.54) is 25.6 Å². The fourth-order valence-corrected chi connectivity index (χ4v) is 2.53. The number of aromatic nitrogens is 1. The minimum Gasteiger partial charge on any atom is -0.480 e. The number of nitrogens with one attached hydrogen (secondary N) is 2. The Hall–Kier alpha value is -1.87. The molecule has 0 aromatic carbocycles. The van der Waals surface area contributed by atoms with Gasteiger partial charge >= 0.3 is 11.9 Å². The number of sulfonamides is 1. The van der Waals surface area contributed by atoms with E-state index in [0.29, 0.717) is 0 Å². The number of H-pyrrole nitrogens is 1. The normalized spacial score (nSPS) is 12.9. The van der Waals surface area contributed by atoms with Crippen LogP contribution >= 0.6 is 0 Å². The summed E-state index contributed by atoms with van der Waals surface area (Å²) in [5, 5.41) is 8.93. The first-order valence-electron chi connectivity index (χ1n) is 5.31. The van der Waals surface area contributed by atoms with E-state index in [1.54, 1.807) is 0 Å². The van der Waals surface area contributed by atoms with Crippen LogP contribution in [-0.2, 0) is 24.3 Å². The van der Waals surface area contributed by atoms with Gasteiger partial charge in [-0.25, -0.2) is 8.42 Å². The summed E-state index contributed by atoms with van der Waals surface area (Å²) in [5.41, 5.74) is 0. The minimum absolute atomic E-state index is 0.0724. The maximum absolute atomic E-state index is 11.8. The summed E-state index contributed by atoms with van der Waals surface area (Å²) in [4.78, 5) is 24.4. The third-order valence-electron chi connectivity index (χ3n) is 2.34. The number of ether oxygens (including phenoxy) is 1. The molecule has 9 heteroatoms. The van der Waals surface area contributed by atoms with Gasteiger partial charge in [-0.15, -0.1) is 0 Å². The van der Waals surface area contributed by atoms with E-state index in [9.17, 15) is 18.0 Å². The number of aromatic amines is 1. The zero-order valence-corrected chi connectivity index (χ0v) is 10.9.